The SMILES string of the molecule is [N-]=[N+]=NC1=CN2C(=O)C[C@H]2S1. The minimum Gasteiger partial charge on any atom is -0.305 e. The zero-order valence-corrected chi connectivity index (χ0v) is 6.28. The number of thioether (sulfide) groups is 1. The van der Waals surface area contributed by atoms with Crippen molar-refractivity contribution in [3.8, 4) is 0 Å². The van der Waals surface area contributed by atoms with E-state index in [1.165, 1.54) is 11.8 Å². The van der Waals surface area contributed by atoms with Crippen LogP contribution in [0.1, 0.15) is 6.42 Å². The maximum atomic E-state index is 10.8. The van der Waals surface area contributed by atoms with Crippen molar-refractivity contribution in [2.75, 3.05) is 0 Å². The molecule has 2 aliphatic heterocycles. The summed E-state index contributed by atoms with van der Waals surface area (Å²) < 4.78 is 0. The lowest BCUT2D eigenvalue weighted by Gasteiger charge is -2.31. The highest BCUT2D eigenvalue weighted by molar-refractivity contribution is 8.03. The lowest BCUT2D eigenvalue weighted by Crippen LogP contribution is -2.44. The quantitative estimate of drug-likeness (QED) is 0.257. The number of rotatable bonds is 1. The summed E-state index contributed by atoms with van der Waals surface area (Å²) in [7, 11) is 0. The predicted molar refractivity (Wildman–Crippen MR) is 40.1 cm³/mol. The number of amides is 1. The maximum absolute atomic E-state index is 10.8. The molecule has 1 atom stereocenters. The minimum atomic E-state index is 0.102. The third kappa shape index (κ3) is 0.875. The third-order valence-corrected chi connectivity index (χ3v) is 2.69. The van der Waals surface area contributed by atoms with Gasteiger partial charge in [-0.25, -0.2) is 0 Å². The fourth-order valence-corrected chi connectivity index (χ4v) is 2.09. The fraction of sp³-hybridized carbons (Fsp3) is 0.400. The molecule has 0 N–H and O–H groups in total. The molecule has 1 amide bonds. The normalized spacial score (nSPS) is 26.9. The fourth-order valence-electron chi connectivity index (χ4n) is 1.04. The van der Waals surface area contributed by atoms with Gasteiger partial charge in [-0.3, -0.25) is 4.79 Å². The van der Waals surface area contributed by atoms with Crippen LogP contribution in [0.2, 0.25) is 0 Å². The zero-order valence-electron chi connectivity index (χ0n) is 5.47. The van der Waals surface area contributed by atoms with E-state index in [1.54, 1.807) is 11.1 Å². The summed E-state index contributed by atoms with van der Waals surface area (Å²) in [5.74, 6) is 0.102. The van der Waals surface area contributed by atoms with Crippen LogP contribution < -0.4 is 0 Å². The second-order valence-corrected chi connectivity index (χ2v) is 3.43. The molecule has 2 heterocycles. The van der Waals surface area contributed by atoms with Crippen LogP contribution in [-0.2, 0) is 4.79 Å². The summed E-state index contributed by atoms with van der Waals surface area (Å²) in [5.41, 5.74) is 8.09. The molecule has 1 fully saturated rings. The van der Waals surface area contributed by atoms with E-state index in [1.807, 2.05) is 0 Å². The van der Waals surface area contributed by atoms with Crippen LogP contribution in [0.4, 0.5) is 0 Å². The molecule has 56 valence electrons. The van der Waals surface area contributed by atoms with Crippen molar-refractivity contribution in [2.24, 2.45) is 5.11 Å². The summed E-state index contributed by atoms with van der Waals surface area (Å²) >= 11 is 1.43. The molecule has 2 aliphatic rings. The molecule has 0 radical (unpaired) electrons. The highest BCUT2D eigenvalue weighted by Crippen LogP contribution is 2.41. The van der Waals surface area contributed by atoms with Crippen molar-refractivity contribution in [1.29, 1.82) is 0 Å². The summed E-state index contributed by atoms with van der Waals surface area (Å²) in [6.07, 6.45) is 2.16. The van der Waals surface area contributed by atoms with Crippen LogP contribution in [0.5, 0.6) is 0 Å². The zero-order chi connectivity index (χ0) is 7.84. The van der Waals surface area contributed by atoms with Gasteiger partial charge in [0, 0.05) is 11.1 Å². The molecule has 1 saturated heterocycles. The Labute approximate surface area is 66.7 Å². The Bertz CT molecular complexity index is 293. The van der Waals surface area contributed by atoms with Crippen molar-refractivity contribution in [3.05, 3.63) is 21.7 Å². The number of carbonyl (C=O) groups excluding carboxylic acids is 1. The van der Waals surface area contributed by atoms with E-state index in [0.717, 1.165) is 0 Å². The lowest BCUT2D eigenvalue weighted by molar-refractivity contribution is -0.137. The number of hydrogen-bond donors (Lipinski definition) is 0. The molecule has 0 aromatic carbocycles. The number of fused-ring (bicyclic) bond motifs is 1. The molecule has 0 spiro atoms. The van der Waals surface area contributed by atoms with Crippen molar-refractivity contribution in [3.63, 3.8) is 0 Å². The molecule has 0 aromatic heterocycles. The van der Waals surface area contributed by atoms with Gasteiger partial charge in [-0.05, 0) is 5.53 Å². The van der Waals surface area contributed by atoms with Gasteiger partial charge in [0.1, 0.15) is 0 Å². The van der Waals surface area contributed by atoms with Gasteiger partial charge in [-0.2, -0.15) is 0 Å². The number of β-lactam (4-membered cyclic amide) rings is 1. The predicted octanol–water partition coefficient (Wildman–Crippen LogP) is 1.40. The maximum Gasteiger partial charge on any atom is 0.230 e. The first-order valence-corrected chi connectivity index (χ1v) is 3.94. The van der Waals surface area contributed by atoms with E-state index in [2.05, 4.69) is 10.0 Å². The Morgan fingerprint density at radius 3 is 3.27 bits per heavy atom. The smallest absolute Gasteiger partial charge is 0.230 e. The van der Waals surface area contributed by atoms with Crippen LogP contribution in [0.25, 0.3) is 10.4 Å². The van der Waals surface area contributed by atoms with Crippen LogP contribution >= 0.6 is 11.8 Å². The number of nitrogens with zero attached hydrogens (tertiary/aromatic N) is 4. The Hall–Kier alpha value is -1.13. The molecule has 5 nitrogen and oxygen atoms in total. The molecule has 2 rings (SSSR count). The second-order valence-electron chi connectivity index (χ2n) is 2.23. The highest BCUT2D eigenvalue weighted by atomic mass is 32.2. The van der Waals surface area contributed by atoms with Gasteiger partial charge in [-0.15, -0.1) is 0 Å². The molecular formula is C5H4N4OS. The first-order chi connectivity index (χ1) is 5.31. The standard InChI is InChI=1S/C5H4N4OS/c6-8-7-3-2-9-4(10)1-5(9)11-3/h2,5H,1H2/t5-/m1/s1. The van der Waals surface area contributed by atoms with Crippen molar-refractivity contribution < 1.29 is 4.79 Å². The van der Waals surface area contributed by atoms with E-state index in [9.17, 15) is 4.79 Å². The third-order valence-electron chi connectivity index (χ3n) is 1.60. The number of carbonyl (C=O) groups is 1. The van der Waals surface area contributed by atoms with Crippen LogP contribution in [0, 0.1) is 0 Å². The first-order valence-electron chi connectivity index (χ1n) is 3.06. The molecule has 6 heteroatoms. The second kappa shape index (κ2) is 2.18. The lowest BCUT2D eigenvalue weighted by atomic mass is 10.2. The summed E-state index contributed by atoms with van der Waals surface area (Å²) in [6.45, 7) is 0. The topological polar surface area (TPSA) is 69.1 Å². The molecular weight excluding hydrogens is 164 g/mol. The summed E-state index contributed by atoms with van der Waals surface area (Å²) in [4.78, 5) is 15.0. The summed E-state index contributed by atoms with van der Waals surface area (Å²) in [5, 5.41) is 4.19. The van der Waals surface area contributed by atoms with E-state index >= 15 is 0 Å². The van der Waals surface area contributed by atoms with Crippen molar-refractivity contribution in [2.45, 2.75) is 11.8 Å². The van der Waals surface area contributed by atoms with Crippen LogP contribution in [0.15, 0.2) is 16.3 Å². The Morgan fingerprint density at radius 2 is 2.73 bits per heavy atom. The van der Waals surface area contributed by atoms with Gasteiger partial charge in [0.15, 0.2) is 0 Å². The van der Waals surface area contributed by atoms with Crippen LogP contribution in [-0.4, -0.2) is 16.2 Å². The van der Waals surface area contributed by atoms with Gasteiger partial charge in [0.05, 0.1) is 16.8 Å². The van der Waals surface area contributed by atoms with Crippen molar-refractivity contribution in [1.82, 2.24) is 4.90 Å². The van der Waals surface area contributed by atoms with Crippen LogP contribution in [0.3, 0.4) is 0 Å². The van der Waals surface area contributed by atoms with Gasteiger partial charge < -0.3 is 4.90 Å². The van der Waals surface area contributed by atoms with Gasteiger partial charge in [-0.1, -0.05) is 16.9 Å². The monoisotopic (exact) mass is 168 g/mol. The first kappa shape index (κ1) is 6.57. The van der Waals surface area contributed by atoms with Crippen molar-refractivity contribution >= 4 is 17.7 Å². The molecule has 0 aliphatic carbocycles. The van der Waals surface area contributed by atoms with Gasteiger partial charge >= 0.3 is 0 Å². The van der Waals surface area contributed by atoms with E-state index in [4.69, 9.17) is 5.53 Å². The Balaban J connectivity index is 2.18. The average Bonchev–Trinajstić information content (AvgIpc) is 2.29. The largest absolute Gasteiger partial charge is 0.305 e. The molecule has 0 unspecified atom stereocenters. The molecule has 0 bridgehead atoms. The van der Waals surface area contributed by atoms with E-state index in [0.29, 0.717) is 11.4 Å². The molecule has 11 heavy (non-hydrogen) atoms. The average molecular weight is 168 g/mol. The highest BCUT2D eigenvalue weighted by Gasteiger charge is 2.40. The molecule has 0 saturated carbocycles. The summed E-state index contributed by atoms with van der Waals surface area (Å²) in [6, 6.07) is 0. The minimum absolute atomic E-state index is 0.102. The van der Waals surface area contributed by atoms with Gasteiger partial charge in [0.25, 0.3) is 0 Å². The Kier molecular flexibility index (Phi) is 1.30. The Morgan fingerprint density at radius 1 is 1.91 bits per heavy atom. The van der Waals surface area contributed by atoms with E-state index in [-0.39, 0.29) is 11.3 Å². The molecule has 0 aromatic rings. The number of azide groups is 1. The van der Waals surface area contributed by atoms with E-state index < -0.39 is 0 Å². The van der Waals surface area contributed by atoms with Gasteiger partial charge in [0.2, 0.25) is 5.91 Å². The number of hydrogen-bond acceptors (Lipinski definition) is 3.